The Morgan fingerprint density at radius 3 is 2.60 bits per heavy atom. The highest BCUT2D eigenvalue weighted by molar-refractivity contribution is 6.32. The van der Waals surface area contributed by atoms with Gasteiger partial charge in [0.25, 0.3) is 0 Å². The van der Waals surface area contributed by atoms with Crippen LogP contribution in [-0.2, 0) is 0 Å². The highest BCUT2D eigenvalue weighted by Gasteiger charge is 2.30. The molecule has 3 atom stereocenters. The summed E-state index contributed by atoms with van der Waals surface area (Å²) in [7, 11) is 0. The average Bonchev–Trinajstić information content (AvgIpc) is 2.42. The van der Waals surface area contributed by atoms with Crippen LogP contribution >= 0.6 is 11.6 Å². The van der Waals surface area contributed by atoms with E-state index < -0.39 is 6.10 Å². The van der Waals surface area contributed by atoms with E-state index in [4.69, 9.17) is 16.3 Å². The minimum Gasteiger partial charge on any atom is -0.489 e. The maximum Gasteiger partial charge on any atom is 0.138 e. The number of aliphatic hydroxyl groups excluding tert-OH is 1. The summed E-state index contributed by atoms with van der Waals surface area (Å²) in [4.78, 5) is 1.49. The van der Waals surface area contributed by atoms with Crippen LogP contribution in [0.15, 0.2) is 24.3 Å². The third-order valence-electron chi connectivity index (χ3n) is 4.28. The zero-order valence-corrected chi connectivity index (χ0v) is 13.1. The summed E-state index contributed by atoms with van der Waals surface area (Å²) in [5, 5.41) is 10.8. The van der Waals surface area contributed by atoms with Crippen molar-refractivity contribution in [2.45, 2.75) is 51.3 Å². The Hall–Kier alpha value is -0.770. The van der Waals surface area contributed by atoms with Crippen LogP contribution in [0, 0.1) is 0 Å². The topological polar surface area (TPSA) is 33.9 Å². The Bertz CT molecular complexity index is 417. The van der Waals surface area contributed by atoms with Crippen molar-refractivity contribution in [1.29, 1.82) is 0 Å². The highest BCUT2D eigenvalue weighted by Crippen LogP contribution is 2.23. The van der Waals surface area contributed by atoms with Crippen molar-refractivity contribution in [3.63, 3.8) is 0 Å². The van der Waals surface area contributed by atoms with Gasteiger partial charge in [-0.3, -0.25) is 0 Å². The summed E-state index contributed by atoms with van der Waals surface area (Å²) in [6, 6.07) is 8.61. The number of rotatable bonds is 5. The summed E-state index contributed by atoms with van der Waals surface area (Å²) in [6.45, 7) is 5.58. The van der Waals surface area contributed by atoms with Crippen molar-refractivity contribution in [1.82, 2.24) is 0 Å². The van der Waals surface area contributed by atoms with Crippen LogP contribution in [-0.4, -0.2) is 36.4 Å². The minimum atomic E-state index is -0.454. The highest BCUT2D eigenvalue weighted by atomic mass is 35.5. The SMILES string of the molecule is C[C@H]1CCC[C@H](C)[NH+]1C[C@H](O)COc1ccccc1Cl. The summed E-state index contributed by atoms with van der Waals surface area (Å²) >= 11 is 6.03. The number of hydrogen-bond donors (Lipinski definition) is 2. The first-order valence-electron chi connectivity index (χ1n) is 7.49. The fourth-order valence-corrected chi connectivity index (χ4v) is 3.26. The quantitative estimate of drug-likeness (QED) is 0.871. The van der Waals surface area contributed by atoms with E-state index in [1.54, 1.807) is 6.07 Å². The van der Waals surface area contributed by atoms with E-state index in [0.29, 0.717) is 29.5 Å². The van der Waals surface area contributed by atoms with Gasteiger partial charge in [0.15, 0.2) is 0 Å². The molecule has 2 rings (SSSR count). The Morgan fingerprint density at radius 1 is 1.30 bits per heavy atom. The second-order valence-electron chi connectivity index (χ2n) is 5.91. The number of likely N-dealkylation sites (tertiary alicyclic amines) is 1. The van der Waals surface area contributed by atoms with Crippen LogP contribution in [0.1, 0.15) is 33.1 Å². The Labute approximate surface area is 126 Å². The fourth-order valence-electron chi connectivity index (χ4n) is 3.07. The van der Waals surface area contributed by atoms with Gasteiger partial charge in [-0.25, -0.2) is 0 Å². The molecule has 1 aliphatic rings. The van der Waals surface area contributed by atoms with Crippen molar-refractivity contribution in [2.24, 2.45) is 0 Å². The largest absolute Gasteiger partial charge is 0.489 e. The minimum absolute atomic E-state index is 0.298. The van der Waals surface area contributed by atoms with Gasteiger partial charge in [-0.15, -0.1) is 0 Å². The molecule has 1 fully saturated rings. The zero-order chi connectivity index (χ0) is 14.5. The summed E-state index contributed by atoms with van der Waals surface area (Å²) < 4.78 is 5.62. The molecule has 0 aromatic heterocycles. The Balaban J connectivity index is 1.83. The van der Waals surface area contributed by atoms with Crippen LogP contribution in [0.5, 0.6) is 5.75 Å². The van der Waals surface area contributed by atoms with Crippen LogP contribution < -0.4 is 9.64 Å². The molecule has 1 aromatic rings. The molecule has 4 heteroatoms. The summed E-state index contributed by atoms with van der Waals surface area (Å²) in [5.74, 6) is 0.642. The van der Waals surface area contributed by atoms with Crippen molar-refractivity contribution >= 4 is 11.6 Å². The number of hydrogen-bond acceptors (Lipinski definition) is 2. The molecule has 2 N–H and O–H groups in total. The number of nitrogens with one attached hydrogen (secondary N) is 1. The van der Waals surface area contributed by atoms with Gasteiger partial charge in [0, 0.05) is 0 Å². The van der Waals surface area contributed by atoms with E-state index in [9.17, 15) is 5.11 Å². The van der Waals surface area contributed by atoms with E-state index >= 15 is 0 Å². The monoisotopic (exact) mass is 298 g/mol. The first-order valence-corrected chi connectivity index (χ1v) is 7.86. The molecule has 1 aromatic carbocycles. The second kappa shape index (κ2) is 7.30. The van der Waals surface area contributed by atoms with Gasteiger partial charge in [-0.1, -0.05) is 23.7 Å². The van der Waals surface area contributed by atoms with Gasteiger partial charge in [-0.05, 0) is 45.2 Å². The van der Waals surface area contributed by atoms with E-state index in [1.807, 2.05) is 18.2 Å². The van der Waals surface area contributed by atoms with Gasteiger partial charge in [0.05, 0.1) is 17.1 Å². The number of para-hydroxylation sites is 1. The Morgan fingerprint density at radius 2 is 1.95 bits per heavy atom. The van der Waals surface area contributed by atoms with Crippen LogP contribution in [0.25, 0.3) is 0 Å². The number of quaternary nitrogens is 1. The van der Waals surface area contributed by atoms with E-state index in [0.717, 1.165) is 6.54 Å². The maximum absolute atomic E-state index is 10.2. The smallest absolute Gasteiger partial charge is 0.138 e. The molecule has 0 aliphatic carbocycles. The molecule has 1 aliphatic heterocycles. The second-order valence-corrected chi connectivity index (χ2v) is 6.31. The lowest BCUT2D eigenvalue weighted by molar-refractivity contribution is -0.954. The maximum atomic E-state index is 10.2. The lowest BCUT2D eigenvalue weighted by Crippen LogP contribution is -3.20. The molecular weight excluding hydrogens is 274 g/mol. The number of ether oxygens (including phenoxy) is 1. The van der Waals surface area contributed by atoms with Gasteiger partial charge >= 0.3 is 0 Å². The van der Waals surface area contributed by atoms with Gasteiger partial charge in [0.1, 0.15) is 25.0 Å². The molecule has 1 saturated heterocycles. The molecule has 112 valence electrons. The third-order valence-corrected chi connectivity index (χ3v) is 4.59. The number of halogens is 1. The molecule has 3 nitrogen and oxygen atoms in total. The molecule has 0 radical (unpaired) electrons. The summed E-state index contributed by atoms with van der Waals surface area (Å²) in [6.07, 6.45) is 3.34. The number of benzene rings is 1. The Kier molecular flexibility index (Phi) is 5.70. The number of aliphatic hydroxyl groups is 1. The molecular formula is C16H25ClNO2+. The molecule has 0 spiro atoms. The van der Waals surface area contributed by atoms with Crippen molar-refractivity contribution in [3.8, 4) is 5.75 Å². The average molecular weight is 299 g/mol. The van der Waals surface area contributed by atoms with Crippen LogP contribution in [0.3, 0.4) is 0 Å². The normalized spacial score (nSPS) is 25.4. The molecule has 0 bridgehead atoms. The first kappa shape index (κ1) is 15.6. The van der Waals surface area contributed by atoms with Crippen LogP contribution in [0.4, 0.5) is 0 Å². The predicted octanol–water partition coefficient (Wildman–Crippen LogP) is 1.93. The number of piperidine rings is 1. The van der Waals surface area contributed by atoms with Gasteiger partial charge in [0.2, 0.25) is 0 Å². The van der Waals surface area contributed by atoms with E-state index in [1.165, 1.54) is 24.2 Å². The third kappa shape index (κ3) is 4.11. The fraction of sp³-hybridized carbons (Fsp3) is 0.625. The lowest BCUT2D eigenvalue weighted by Gasteiger charge is -2.36. The molecule has 0 amide bonds. The van der Waals surface area contributed by atoms with Gasteiger partial charge < -0.3 is 14.7 Å². The van der Waals surface area contributed by atoms with Crippen molar-refractivity contribution < 1.29 is 14.7 Å². The van der Waals surface area contributed by atoms with E-state index in [-0.39, 0.29) is 0 Å². The first-order chi connectivity index (χ1) is 9.58. The molecule has 20 heavy (non-hydrogen) atoms. The summed E-state index contributed by atoms with van der Waals surface area (Å²) in [5.41, 5.74) is 0. The molecule has 1 heterocycles. The van der Waals surface area contributed by atoms with Crippen molar-refractivity contribution in [3.05, 3.63) is 29.3 Å². The zero-order valence-electron chi connectivity index (χ0n) is 12.3. The standard InChI is InChI=1S/C16H24ClNO2/c1-12-6-5-7-13(2)18(12)10-14(19)11-20-16-9-4-3-8-15(16)17/h3-4,8-9,12-14,19H,5-7,10-11H2,1-2H3/p+1/t12-,13-,14-/m0/s1. The van der Waals surface area contributed by atoms with E-state index in [2.05, 4.69) is 13.8 Å². The lowest BCUT2D eigenvalue weighted by atomic mass is 9.97. The molecule has 0 saturated carbocycles. The molecule has 0 unspecified atom stereocenters. The van der Waals surface area contributed by atoms with Crippen molar-refractivity contribution in [2.75, 3.05) is 13.2 Å². The van der Waals surface area contributed by atoms with Crippen LogP contribution in [0.2, 0.25) is 5.02 Å². The van der Waals surface area contributed by atoms with Gasteiger partial charge in [-0.2, -0.15) is 0 Å². The predicted molar refractivity (Wildman–Crippen MR) is 81.6 cm³/mol.